The second-order valence-electron chi connectivity index (χ2n) is 6.52. The lowest BCUT2D eigenvalue weighted by molar-refractivity contribution is 0.0600. The Kier molecular flexibility index (Phi) is 5.02. The van der Waals surface area contributed by atoms with Crippen LogP contribution in [0.2, 0.25) is 0 Å². The van der Waals surface area contributed by atoms with Crippen molar-refractivity contribution in [1.82, 2.24) is 4.57 Å². The summed E-state index contributed by atoms with van der Waals surface area (Å²) in [6, 6.07) is 25.7. The van der Waals surface area contributed by atoms with Crippen molar-refractivity contribution >= 4 is 28.8 Å². The molecule has 0 fully saturated rings. The molecule has 1 heterocycles. The summed E-state index contributed by atoms with van der Waals surface area (Å²) in [6.45, 7) is 0.657. The Labute approximate surface area is 163 Å². The van der Waals surface area contributed by atoms with Gasteiger partial charge in [-0.05, 0) is 35.9 Å². The van der Waals surface area contributed by atoms with Gasteiger partial charge in [0.2, 0.25) is 0 Å². The molecule has 4 rings (SSSR count). The number of ether oxygens (including phenoxy) is 1. The van der Waals surface area contributed by atoms with Crippen molar-refractivity contribution in [3.8, 4) is 0 Å². The van der Waals surface area contributed by atoms with Crippen LogP contribution in [0.5, 0.6) is 0 Å². The van der Waals surface area contributed by atoms with Gasteiger partial charge < -0.3 is 9.30 Å². The van der Waals surface area contributed by atoms with E-state index in [1.165, 1.54) is 7.11 Å². The van der Waals surface area contributed by atoms with Crippen LogP contribution in [-0.4, -0.2) is 23.9 Å². The molecule has 0 radical (unpaired) electrons. The van der Waals surface area contributed by atoms with E-state index in [4.69, 9.17) is 4.74 Å². The lowest BCUT2D eigenvalue weighted by atomic mass is 10.1. The molecular weight excluding hydrogens is 348 g/mol. The lowest BCUT2D eigenvalue weighted by Gasteiger charge is -2.07. The molecule has 0 saturated carbocycles. The topological polar surface area (TPSA) is 43.6 Å². The molecule has 0 unspecified atom stereocenters. The molecule has 0 atom stereocenters. The molecule has 0 aliphatic rings. The number of hydrogen-bond donors (Lipinski definition) is 0. The zero-order valence-electron chi connectivity index (χ0n) is 15.6. The molecule has 4 nitrogen and oxygen atoms in total. The second kappa shape index (κ2) is 7.92. The van der Waals surface area contributed by atoms with Gasteiger partial charge in [0.15, 0.2) is 0 Å². The Balaban J connectivity index is 1.69. The highest BCUT2D eigenvalue weighted by atomic mass is 16.5. The van der Waals surface area contributed by atoms with E-state index in [1.54, 1.807) is 6.07 Å². The van der Waals surface area contributed by atoms with Crippen LogP contribution in [0, 0.1) is 0 Å². The normalized spacial score (nSPS) is 11.2. The number of benzene rings is 3. The predicted molar refractivity (Wildman–Crippen MR) is 113 cm³/mol. The third-order valence-electron chi connectivity index (χ3n) is 4.63. The van der Waals surface area contributed by atoms with Crippen LogP contribution in [0.3, 0.4) is 0 Å². The van der Waals surface area contributed by atoms with E-state index in [-0.39, 0.29) is 5.97 Å². The fourth-order valence-electron chi connectivity index (χ4n) is 3.28. The predicted octanol–water partition coefficient (Wildman–Crippen LogP) is 5.23. The molecule has 0 spiro atoms. The van der Waals surface area contributed by atoms with Crippen LogP contribution in [0.15, 0.2) is 90.1 Å². The summed E-state index contributed by atoms with van der Waals surface area (Å²) in [5.41, 5.74) is 4.70. The highest BCUT2D eigenvalue weighted by Crippen LogP contribution is 2.22. The van der Waals surface area contributed by atoms with Gasteiger partial charge in [0.25, 0.3) is 0 Å². The van der Waals surface area contributed by atoms with E-state index in [1.807, 2.05) is 66.9 Å². The summed E-state index contributed by atoms with van der Waals surface area (Å²) < 4.78 is 7.01. The molecule has 0 aliphatic carbocycles. The van der Waals surface area contributed by atoms with Crippen molar-refractivity contribution in [1.29, 1.82) is 0 Å². The van der Waals surface area contributed by atoms with E-state index in [0.29, 0.717) is 12.1 Å². The number of esters is 1. The number of aliphatic imine (C=N–C) groups is 1. The zero-order chi connectivity index (χ0) is 19.3. The smallest absolute Gasteiger partial charge is 0.337 e. The van der Waals surface area contributed by atoms with Crippen molar-refractivity contribution in [2.45, 2.75) is 6.54 Å². The van der Waals surface area contributed by atoms with E-state index >= 15 is 0 Å². The third kappa shape index (κ3) is 3.71. The Morgan fingerprint density at radius 1 is 1.00 bits per heavy atom. The Morgan fingerprint density at radius 3 is 2.61 bits per heavy atom. The van der Waals surface area contributed by atoms with Crippen LogP contribution in [-0.2, 0) is 11.3 Å². The van der Waals surface area contributed by atoms with Crippen molar-refractivity contribution < 1.29 is 9.53 Å². The van der Waals surface area contributed by atoms with Crippen LogP contribution in [0.4, 0.5) is 5.69 Å². The largest absolute Gasteiger partial charge is 0.465 e. The van der Waals surface area contributed by atoms with Crippen LogP contribution < -0.4 is 0 Å². The maximum atomic E-state index is 11.8. The molecule has 4 aromatic rings. The minimum absolute atomic E-state index is 0.324. The maximum Gasteiger partial charge on any atom is 0.337 e. The molecule has 0 aliphatic heterocycles. The summed E-state index contributed by atoms with van der Waals surface area (Å²) in [7, 11) is 1.40. The number of aromatic nitrogens is 1. The molecule has 0 saturated heterocycles. The molecule has 3 aromatic carbocycles. The first kappa shape index (κ1) is 17.7. The highest BCUT2D eigenvalue weighted by Gasteiger charge is 2.09. The number of para-hydroxylation sites is 2. The van der Waals surface area contributed by atoms with Gasteiger partial charge in [-0.25, -0.2) is 4.79 Å². The molecule has 28 heavy (non-hydrogen) atoms. The summed E-state index contributed by atoms with van der Waals surface area (Å²) in [5.74, 6) is -0.324. The molecule has 4 heteroatoms. The van der Waals surface area contributed by atoms with Gasteiger partial charge in [0.1, 0.15) is 0 Å². The summed E-state index contributed by atoms with van der Waals surface area (Å²) in [4.78, 5) is 16.4. The van der Waals surface area contributed by atoms with Gasteiger partial charge in [0, 0.05) is 35.4 Å². The van der Waals surface area contributed by atoms with Gasteiger partial charge in [-0.2, -0.15) is 0 Å². The van der Waals surface area contributed by atoms with Crippen LogP contribution >= 0.6 is 0 Å². The van der Waals surface area contributed by atoms with Gasteiger partial charge in [-0.3, -0.25) is 4.99 Å². The summed E-state index contributed by atoms with van der Waals surface area (Å²) in [6.07, 6.45) is 4.00. The summed E-state index contributed by atoms with van der Waals surface area (Å²) >= 11 is 0. The Bertz CT molecular complexity index is 1140. The van der Waals surface area contributed by atoms with Crippen molar-refractivity contribution in [3.05, 3.63) is 102 Å². The van der Waals surface area contributed by atoms with E-state index in [0.717, 1.165) is 27.7 Å². The average molecular weight is 368 g/mol. The van der Waals surface area contributed by atoms with Gasteiger partial charge >= 0.3 is 5.97 Å². The van der Waals surface area contributed by atoms with E-state index < -0.39 is 0 Å². The third-order valence-corrected chi connectivity index (χ3v) is 4.63. The average Bonchev–Trinajstić information content (AvgIpc) is 3.10. The first-order valence-corrected chi connectivity index (χ1v) is 9.09. The molecule has 138 valence electrons. The maximum absolute atomic E-state index is 11.8. The SMILES string of the molecule is COC(=O)c1cccc(Cn2cc(C=Nc3ccccc3)c3ccccc32)c1. The number of hydrogen-bond acceptors (Lipinski definition) is 3. The first-order valence-electron chi connectivity index (χ1n) is 9.09. The quantitative estimate of drug-likeness (QED) is 0.358. The number of carbonyl (C=O) groups is 1. The molecule has 0 amide bonds. The van der Waals surface area contributed by atoms with Gasteiger partial charge in [-0.15, -0.1) is 0 Å². The fraction of sp³-hybridized carbons (Fsp3) is 0.0833. The second-order valence-corrected chi connectivity index (χ2v) is 6.52. The monoisotopic (exact) mass is 368 g/mol. The first-order chi connectivity index (χ1) is 13.7. The van der Waals surface area contributed by atoms with Gasteiger partial charge in [0.05, 0.1) is 18.4 Å². The molecule has 1 aromatic heterocycles. The number of methoxy groups -OCH3 is 1. The molecular formula is C24H20N2O2. The summed E-state index contributed by atoms with van der Waals surface area (Å²) in [5, 5.41) is 1.14. The van der Waals surface area contributed by atoms with Crippen LogP contribution in [0.1, 0.15) is 21.5 Å². The highest BCUT2D eigenvalue weighted by molar-refractivity contribution is 6.00. The van der Waals surface area contributed by atoms with E-state index in [9.17, 15) is 4.79 Å². The molecule has 0 N–H and O–H groups in total. The lowest BCUT2D eigenvalue weighted by Crippen LogP contribution is -2.03. The van der Waals surface area contributed by atoms with Gasteiger partial charge in [-0.1, -0.05) is 48.5 Å². The minimum Gasteiger partial charge on any atom is -0.465 e. The number of nitrogens with zero attached hydrogens (tertiary/aromatic N) is 2. The van der Waals surface area contributed by atoms with Crippen molar-refractivity contribution in [3.63, 3.8) is 0 Å². The Morgan fingerprint density at radius 2 is 1.79 bits per heavy atom. The number of fused-ring (bicyclic) bond motifs is 1. The Hall–Kier alpha value is -3.66. The zero-order valence-corrected chi connectivity index (χ0v) is 15.6. The number of carbonyl (C=O) groups excluding carboxylic acids is 1. The fourth-order valence-corrected chi connectivity index (χ4v) is 3.28. The minimum atomic E-state index is -0.324. The molecule has 0 bridgehead atoms. The number of rotatable bonds is 5. The van der Waals surface area contributed by atoms with Crippen LogP contribution in [0.25, 0.3) is 10.9 Å². The standard InChI is InChI=1S/C24H20N2O2/c1-28-24(27)19-9-7-8-18(14-19)16-26-17-20(22-12-5-6-13-23(22)26)15-25-21-10-3-2-4-11-21/h2-15,17H,16H2,1H3. The van der Waals surface area contributed by atoms with E-state index in [2.05, 4.69) is 27.9 Å². The van der Waals surface area contributed by atoms with Crippen molar-refractivity contribution in [2.75, 3.05) is 7.11 Å². The van der Waals surface area contributed by atoms with Crippen molar-refractivity contribution in [2.24, 2.45) is 4.99 Å².